The lowest BCUT2D eigenvalue weighted by Gasteiger charge is -2.26. The van der Waals surface area contributed by atoms with E-state index in [2.05, 4.69) is 48.4 Å². The monoisotopic (exact) mass is 211 g/mol. The van der Waals surface area contributed by atoms with Crippen molar-refractivity contribution in [2.24, 2.45) is 0 Å². The molecular formula is C12H25N3. The minimum atomic E-state index is 0.528. The molecule has 0 radical (unpaired) electrons. The summed E-state index contributed by atoms with van der Waals surface area (Å²) < 4.78 is 0. The molecule has 1 aliphatic heterocycles. The van der Waals surface area contributed by atoms with Crippen molar-refractivity contribution in [3.8, 4) is 0 Å². The lowest BCUT2D eigenvalue weighted by Crippen LogP contribution is -2.35. The van der Waals surface area contributed by atoms with Crippen molar-refractivity contribution in [2.45, 2.75) is 39.3 Å². The molecule has 1 unspecified atom stereocenters. The smallest absolute Gasteiger partial charge is 0.0974 e. The normalized spacial score (nSPS) is 20.3. The summed E-state index contributed by atoms with van der Waals surface area (Å²) in [4.78, 5) is 4.63. The van der Waals surface area contributed by atoms with Gasteiger partial charge in [-0.25, -0.2) is 0 Å². The Hall–Kier alpha value is -0.700. The van der Waals surface area contributed by atoms with Gasteiger partial charge >= 0.3 is 0 Å². The molecule has 88 valence electrons. The maximum absolute atomic E-state index is 3.47. The molecule has 0 saturated heterocycles. The van der Waals surface area contributed by atoms with Crippen molar-refractivity contribution in [3.63, 3.8) is 0 Å². The van der Waals surface area contributed by atoms with E-state index in [1.807, 2.05) is 0 Å². The van der Waals surface area contributed by atoms with E-state index in [4.69, 9.17) is 0 Å². The second-order valence-corrected chi connectivity index (χ2v) is 4.29. The Morgan fingerprint density at radius 2 is 1.93 bits per heavy atom. The molecule has 1 N–H and O–H groups in total. The highest BCUT2D eigenvalue weighted by atomic mass is 15.4. The Morgan fingerprint density at radius 1 is 1.20 bits per heavy atom. The summed E-state index contributed by atoms with van der Waals surface area (Å²) in [5.41, 5.74) is 0. The number of nitrogens with zero attached hydrogens (tertiary/aromatic N) is 2. The van der Waals surface area contributed by atoms with Crippen molar-refractivity contribution in [1.29, 1.82) is 0 Å². The molecule has 1 atom stereocenters. The third-order valence-corrected chi connectivity index (χ3v) is 3.04. The van der Waals surface area contributed by atoms with Gasteiger partial charge in [0.1, 0.15) is 0 Å². The molecule has 0 fully saturated rings. The van der Waals surface area contributed by atoms with Gasteiger partial charge in [0.25, 0.3) is 0 Å². The number of rotatable bonds is 7. The fraction of sp³-hybridized carbons (Fsp3) is 0.833. The van der Waals surface area contributed by atoms with Crippen LogP contribution in [-0.4, -0.2) is 42.6 Å². The van der Waals surface area contributed by atoms with Crippen LogP contribution < -0.4 is 5.32 Å². The lowest BCUT2D eigenvalue weighted by atomic mass is 10.3. The fourth-order valence-electron chi connectivity index (χ4n) is 1.75. The van der Waals surface area contributed by atoms with Crippen LogP contribution in [0.2, 0.25) is 0 Å². The van der Waals surface area contributed by atoms with Gasteiger partial charge in [-0.1, -0.05) is 13.3 Å². The average Bonchev–Trinajstić information content (AvgIpc) is 2.54. The molecule has 0 aromatic heterocycles. The number of nitrogens with one attached hydrogen (secondary N) is 1. The van der Waals surface area contributed by atoms with Gasteiger partial charge in [0.15, 0.2) is 0 Å². The van der Waals surface area contributed by atoms with Crippen LogP contribution in [0.4, 0.5) is 0 Å². The zero-order valence-electron chi connectivity index (χ0n) is 10.4. The molecule has 0 spiro atoms. The SMILES string of the molecule is CCCCNCCCN1C=CN(C)C1C. The fourth-order valence-corrected chi connectivity index (χ4v) is 1.75. The Bertz CT molecular complexity index is 191. The minimum Gasteiger partial charge on any atom is -0.359 e. The molecule has 0 bridgehead atoms. The summed E-state index contributed by atoms with van der Waals surface area (Å²) in [5.74, 6) is 0. The summed E-state index contributed by atoms with van der Waals surface area (Å²) in [6.45, 7) is 7.93. The Balaban J connectivity index is 1.99. The minimum absolute atomic E-state index is 0.528. The van der Waals surface area contributed by atoms with Crippen LogP contribution in [-0.2, 0) is 0 Å². The van der Waals surface area contributed by atoms with Crippen LogP contribution in [0, 0.1) is 0 Å². The largest absolute Gasteiger partial charge is 0.359 e. The maximum Gasteiger partial charge on any atom is 0.0974 e. The van der Waals surface area contributed by atoms with Crippen molar-refractivity contribution >= 4 is 0 Å². The first-order valence-electron chi connectivity index (χ1n) is 6.12. The molecular weight excluding hydrogens is 186 g/mol. The van der Waals surface area contributed by atoms with Crippen LogP contribution in [0.25, 0.3) is 0 Å². The highest BCUT2D eigenvalue weighted by Crippen LogP contribution is 2.12. The predicted octanol–water partition coefficient (Wildman–Crippen LogP) is 1.83. The van der Waals surface area contributed by atoms with Gasteiger partial charge in [0, 0.05) is 26.0 Å². The molecule has 0 amide bonds. The maximum atomic E-state index is 3.47. The summed E-state index contributed by atoms with van der Waals surface area (Å²) in [6.07, 6.45) is 8.67. The van der Waals surface area contributed by atoms with Crippen LogP contribution in [0.15, 0.2) is 12.4 Å². The first-order valence-corrected chi connectivity index (χ1v) is 6.12. The van der Waals surface area contributed by atoms with E-state index in [9.17, 15) is 0 Å². The third kappa shape index (κ3) is 4.12. The highest BCUT2D eigenvalue weighted by Gasteiger charge is 2.17. The molecule has 3 nitrogen and oxygen atoms in total. The van der Waals surface area contributed by atoms with Crippen LogP contribution in [0.3, 0.4) is 0 Å². The van der Waals surface area contributed by atoms with E-state index in [1.54, 1.807) is 0 Å². The Labute approximate surface area is 94.1 Å². The van der Waals surface area contributed by atoms with Crippen molar-refractivity contribution < 1.29 is 0 Å². The second-order valence-electron chi connectivity index (χ2n) is 4.29. The number of hydrogen-bond acceptors (Lipinski definition) is 3. The van der Waals surface area contributed by atoms with Gasteiger partial charge in [0.05, 0.1) is 6.17 Å². The Morgan fingerprint density at radius 3 is 2.53 bits per heavy atom. The van der Waals surface area contributed by atoms with E-state index in [-0.39, 0.29) is 0 Å². The number of unbranched alkanes of at least 4 members (excludes halogenated alkanes) is 1. The first-order chi connectivity index (χ1) is 7.25. The van der Waals surface area contributed by atoms with E-state index in [0.29, 0.717) is 6.17 Å². The van der Waals surface area contributed by atoms with Crippen LogP contribution in [0.5, 0.6) is 0 Å². The molecule has 3 heteroatoms. The van der Waals surface area contributed by atoms with Gasteiger partial charge in [-0.3, -0.25) is 0 Å². The van der Waals surface area contributed by atoms with Crippen molar-refractivity contribution in [1.82, 2.24) is 15.1 Å². The first kappa shape index (κ1) is 12.4. The standard InChI is InChI=1S/C12H25N3/c1-4-5-7-13-8-6-9-15-11-10-14(3)12(15)2/h10-13H,4-9H2,1-3H3. The highest BCUT2D eigenvalue weighted by molar-refractivity contribution is 4.93. The number of hydrogen-bond donors (Lipinski definition) is 1. The summed E-state index contributed by atoms with van der Waals surface area (Å²) in [5, 5.41) is 3.47. The quantitative estimate of drug-likeness (QED) is 0.648. The molecule has 15 heavy (non-hydrogen) atoms. The lowest BCUT2D eigenvalue weighted by molar-refractivity contribution is 0.193. The van der Waals surface area contributed by atoms with Gasteiger partial charge in [-0.2, -0.15) is 0 Å². The molecule has 1 aliphatic rings. The van der Waals surface area contributed by atoms with E-state index >= 15 is 0 Å². The van der Waals surface area contributed by atoms with Gasteiger partial charge < -0.3 is 15.1 Å². The average molecular weight is 211 g/mol. The van der Waals surface area contributed by atoms with Crippen LogP contribution >= 0.6 is 0 Å². The zero-order valence-corrected chi connectivity index (χ0v) is 10.4. The molecule has 0 aliphatic carbocycles. The predicted molar refractivity (Wildman–Crippen MR) is 65.5 cm³/mol. The summed E-state index contributed by atoms with van der Waals surface area (Å²) in [7, 11) is 2.13. The topological polar surface area (TPSA) is 18.5 Å². The molecule has 1 heterocycles. The molecule has 0 aromatic carbocycles. The third-order valence-electron chi connectivity index (χ3n) is 3.04. The van der Waals surface area contributed by atoms with Crippen LogP contribution in [0.1, 0.15) is 33.1 Å². The van der Waals surface area contributed by atoms with E-state index in [1.165, 1.54) is 25.8 Å². The van der Waals surface area contributed by atoms with E-state index in [0.717, 1.165) is 13.1 Å². The second kappa shape index (κ2) is 6.72. The van der Waals surface area contributed by atoms with E-state index < -0.39 is 0 Å². The molecule has 0 saturated carbocycles. The van der Waals surface area contributed by atoms with Gasteiger partial charge in [0.2, 0.25) is 0 Å². The Kier molecular flexibility index (Phi) is 5.54. The zero-order chi connectivity index (χ0) is 11.1. The molecule has 0 aromatic rings. The van der Waals surface area contributed by atoms with Gasteiger partial charge in [-0.05, 0) is 32.9 Å². The van der Waals surface area contributed by atoms with Crippen molar-refractivity contribution in [3.05, 3.63) is 12.4 Å². The summed E-state index contributed by atoms with van der Waals surface area (Å²) in [6, 6.07) is 0. The van der Waals surface area contributed by atoms with Crippen molar-refractivity contribution in [2.75, 3.05) is 26.7 Å². The summed E-state index contributed by atoms with van der Waals surface area (Å²) >= 11 is 0. The van der Waals surface area contributed by atoms with Gasteiger partial charge in [-0.15, -0.1) is 0 Å². The molecule has 1 rings (SSSR count).